The summed E-state index contributed by atoms with van der Waals surface area (Å²) in [5.74, 6) is 0. The van der Waals surface area contributed by atoms with Gasteiger partial charge in [-0.1, -0.05) is 64.7 Å². The van der Waals surface area contributed by atoms with Gasteiger partial charge < -0.3 is 4.57 Å². The van der Waals surface area contributed by atoms with E-state index in [1.165, 1.54) is 64.2 Å². The molecule has 0 radical (unpaired) electrons. The molecule has 0 saturated carbocycles. The largest absolute Gasteiger partial charge is 0.335 e. The van der Waals surface area contributed by atoms with Gasteiger partial charge in [-0.25, -0.2) is 4.98 Å². The molecule has 0 spiro atoms. The number of imidazole rings is 1. The number of hydrogen-bond acceptors (Lipinski definition) is 1. The van der Waals surface area contributed by atoms with Crippen molar-refractivity contribution in [2.75, 3.05) is 0 Å². The predicted octanol–water partition coefficient (Wildman–Crippen LogP) is 5.79. The van der Waals surface area contributed by atoms with Crippen molar-refractivity contribution in [2.24, 2.45) is 0 Å². The highest BCUT2D eigenvalue weighted by atomic mass is 35.5. The highest BCUT2D eigenvalue weighted by molar-refractivity contribution is 5.85. The first-order chi connectivity index (χ1) is 8.84. The van der Waals surface area contributed by atoms with Crippen molar-refractivity contribution in [2.45, 2.75) is 84.1 Å². The van der Waals surface area contributed by atoms with Crippen LogP contribution in [0.5, 0.6) is 0 Å². The van der Waals surface area contributed by atoms with Crippen molar-refractivity contribution >= 4 is 12.4 Å². The molecule has 1 atom stereocenters. The summed E-state index contributed by atoms with van der Waals surface area (Å²) >= 11 is 0. The van der Waals surface area contributed by atoms with Crippen molar-refractivity contribution in [3.8, 4) is 0 Å². The average molecular weight is 287 g/mol. The van der Waals surface area contributed by atoms with Crippen molar-refractivity contribution in [1.82, 2.24) is 9.55 Å². The minimum Gasteiger partial charge on any atom is -0.335 e. The second kappa shape index (κ2) is 12.5. The number of halogens is 1. The summed E-state index contributed by atoms with van der Waals surface area (Å²) in [5.41, 5.74) is 0. The molecule has 19 heavy (non-hydrogen) atoms. The van der Waals surface area contributed by atoms with Gasteiger partial charge in [0.1, 0.15) is 0 Å². The van der Waals surface area contributed by atoms with E-state index in [0.717, 1.165) is 0 Å². The van der Waals surface area contributed by atoms with Crippen molar-refractivity contribution < 1.29 is 0 Å². The van der Waals surface area contributed by atoms with E-state index in [1.54, 1.807) is 0 Å². The van der Waals surface area contributed by atoms with Gasteiger partial charge >= 0.3 is 0 Å². The van der Waals surface area contributed by atoms with E-state index >= 15 is 0 Å². The van der Waals surface area contributed by atoms with Gasteiger partial charge in [0.05, 0.1) is 6.33 Å². The van der Waals surface area contributed by atoms with Gasteiger partial charge in [-0.05, 0) is 13.3 Å². The van der Waals surface area contributed by atoms with Gasteiger partial charge in [-0.3, -0.25) is 0 Å². The zero-order chi connectivity index (χ0) is 13.1. The van der Waals surface area contributed by atoms with Gasteiger partial charge in [0, 0.05) is 18.4 Å². The van der Waals surface area contributed by atoms with E-state index in [0.29, 0.717) is 6.04 Å². The van der Waals surface area contributed by atoms with E-state index < -0.39 is 0 Å². The van der Waals surface area contributed by atoms with Crippen molar-refractivity contribution in [3.63, 3.8) is 0 Å². The van der Waals surface area contributed by atoms with Crippen LogP contribution in [0, 0.1) is 0 Å². The number of unbranched alkanes of at least 4 members (excludes halogenated alkanes) is 8. The first-order valence-electron chi connectivity index (χ1n) is 7.82. The molecule has 0 aliphatic rings. The van der Waals surface area contributed by atoms with Gasteiger partial charge in [0.25, 0.3) is 0 Å². The summed E-state index contributed by atoms with van der Waals surface area (Å²) < 4.78 is 2.21. The fraction of sp³-hybridized carbons (Fsp3) is 0.812. The Labute approximate surface area is 125 Å². The maximum atomic E-state index is 4.10. The minimum atomic E-state index is 0. The van der Waals surface area contributed by atoms with Crippen LogP contribution in [0.3, 0.4) is 0 Å². The summed E-state index contributed by atoms with van der Waals surface area (Å²) in [6.07, 6.45) is 19.8. The van der Waals surface area contributed by atoms with Crippen LogP contribution in [0.2, 0.25) is 0 Å². The normalized spacial score (nSPS) is 12.1. The Morgan fingerprint density at radius 2 is 1.53 bits per heavy atom. The predicted molar refractivity (Wildman–Crippen MR) is 86.0 cm³/mol. The fourth-order valence-electron chi connectivity index (χ4n) is 2.43. The van der Waals surface area contributed by atoms with Gasteiger partial charge in [-0.15, -0.1) is 12.4 Å². The molecule has 0 aromatic carbocycles. The first kappa shape index (κ1) is 18.5. The zero-order valence-corrected chi connectivity index (χ0v) is 13.5. The molecule has 0 fully saturated rings. The number of aromatic nitrogens is 2. The standard InChI is InChI=1S/C16H30N2.ClH/c1-3-4-5-6-7-8-9-10-11-12-16(2)18-14-13-17-15-18;/h13-16H,3-12H2,1-2H3;1H. The van der Waals surface area contributed by atoms with Gasteiger partial charge in [0.15, 0.2) is 0 Å². The molecule has 0 N–H and O–H groups in total. The van der Waals surface area contributed by atoms with E-state index in [2.05, 4.69) is 29.6 Å². The molecule has 0 amide bonds. The minimum absolute atomic E-state index is 0. The molecular formula is C16H31ClN2. The lowest BCUT2D eigenvalue weighted by atomic mass is 10.0. The zero-order valence-electron chi connectivity index (χ0n) is 12.7. The Hall–Kier alpha value is -0.500. The van der Waals surface area contributed by atoms with Crippen LogP contribution in [-0.2, 0) is 0 Å². The number of rotatable bonds is 11. The quantitative estimate of drug-likeness (QED) is 0.471. The monoisotopic (exact) mass is 286 g/mol. The van der Waals surface area contributed by atoms with Crippen LogP contribution in [-0.4, -0.2) is 9.55 Å². The summed E-state index contributed by atoms with van der Waals surface area (Å²) in [5, 5.41) is 0. The molecule has 2 nitrogen and oxygen atoms in total. The summed E-state index contributed by atoms with van der Waals surface area (Å²) in [6.45, 7) is 4.56. The molecule has 112 valence electrons. The molecule has 1 heterocycles. The molecule has 1 unspecified atom stereocenters. The maximum absolute atomic E-state index is 4.10. The van der Waals surface area contributed by atoms with Crippen LogP contribution < -0.4 is 0 Å². The Bertz CT molecular complexity index is 272. The van der Waals surface area contributed by atoms with E-state index in [9.17, 15) is 0 Å². The molecule has 1 aromatic rings. The molecule has 0 aliphatic carbocycles. The van der Waals surface area contributed by atoms with Crippen LogP contribution in [0.15, 0.2) is 18.7 Å². The molecular weight excluding hydrogens is 256 g/mol. The third-order valence-electron chi connectivity index (χ3n) is 3.76. The van der Waals surface area contributed by atoms with Gasteiger partial charge in [-0.2, -0.15) is 0 Å². The second-order valence-corrected chi connectivity index (χ2v) is 5.48. The number of hydrogen-bond donors (Lipinski definition) is 0. The summed E-state index contributed by atoms with van der Waals surface area (Å²) in [6, 6.07) is 0.608. The molecule has 1 rings (SSSR count). The van der Waals surface area contributed by atoms with E-state index in [-0.39, 0.29) is 12.4 Å². The van der Waals surface area contributed by atoms with Crippen LogP contribution in [0.4, 0.5) is 0 Å². The molecule has 3 heteroatoms. The van der Waals surface area contributed by atoms with Crippen LogP contribution >= 0.6 is 12.4 Å². The average Bonchev–Trinajstić information content (AvgIpc) is 2.90. The maximum Gasteiger partial charge on any atom is 0.0948 e. The Kier molecular flexibility index (Phi) is 12.2. The van der Waals surface area contributed by atoms with Crippen molar-refractivity contribution in [1.29, 1.82) is 0 Å². The third kappa shape index (κ3) is 9.10. The lowest BCUT2D eigenvalue weighted by Gasteiger charge is -2.12. The highest BCUT2D eigenvalue weighted by Crippen LogP contribution is 2.16. The van der Waals surface area contributed by atoms with Crippen molar-refractivity contribution in [3.05, 3.63) is 18.7 Å². The molecule has 1 aromatic heterocycles. The Morgan fingerprint density at radius 1 is 0.947 bits per heavy atom. The molecule has 0 saturated heterocycles. The Morgan fingerprint density at radius 3 is 2.05 bits per heavy atom. The van der Waals surface area contributed by atoms with Crippen LogP contribution in [0.1, 0.15) is 84.1 Å². The smallest absolute Gasteiger partial charge is 0.0948 e. The molecule has 0 aliphatic heterocycles. The third-order valence-corrected chi connectivity index (χ3v) is 3.76. The van der Waals surface area contributed by atoms with Crippen LogP contribution in [0.25, 0.3) is 0 Å². The lowest BCUT2D eigenvalue weighted by molar-refractivity contribution is 0.465. The van der Waals surface area contributed by atoms with E-state index in [1.807, 2.05) is 12.5 Å². The summed E-state index contributed by atoms with van der Waals surface area (Å²) in [4.78, 5) is 4.10. The fourth-order valence-corrected chi connectivity index (χ4v) is 2.43. The second-order valence-electron chi connectivity index (χ2n) is 5.48. The highest BCUT2D eigenvalue weighted by Gasteiger charge is 2.02. The number of nitrogens with zero attached hydrogens (tertiary/aromatic N) is 2. The summed E-state index contributed by atoms with van der Waals surface area (Å²) in [7, 11) is 0. The van der Waals surface area contributed by atoms with E-state index in [4.69, 9.17) is 0 Å². The van der Waals surface area contributed by atoms with Gasteiger partial charge in [0.2, 0.25) is 0 Å². The Balaban J connectivity index is 0.00000324. The topological polar surface area (TPSA) is 17.8 Å². The molecule has 0 bridgehead atoms. The SMILES string of the molecule is CCCCCCCCCCCC(C)n1ccnc1.Cl. The first-order valence-corrected chi connectivity index (χ1v) is 7.82. The lowest BCUT2D eigenvalue weighted by Crippen LogP contribution is -2.01.